The highest BCUT2D eigenvalue weighted by molar-refractivity contribution is 7.79. The number of hydrogen-bond donors (Lipinski definition) is 0. The molecule has 0 aliphatic carbocycles. The summed E-state index contributed by atoms with van der Waals surface area (Å²) >= 11 is 0. The molecule has 1 heterocycles. The second-order valence-electron chi connectivity index (χ2n) is 5.61. The van der Waals surface area contributed by atoms with Crippen molar-refractivity contribution in [1.82, 2.24) is 4.98 Å². The lowest BCUT2D eigenvalue weighted by Crippen LogP contribution is -2.32. The molecule has 0 fully saturated rings. The van der Waals surface area contributed by atoms with E-state index in [0.29, 0.717) is 0 Å². The van der Waals surface area contributed by atoms with Gasteiger partial charge >= 0.3 is 0 Å². The molecule has 1 nitrogen and oxygen atoms in total. The number of hydrogen-bond acceptors (Lipinski definition) is 1. The first-order valence-corrected chi connectivity index (χ1v) is 8.87. The molecule has 0 atom stereocenters. The molecule has 0 saturated carbocycles. The summed E-state index contributed by atoms with van der Waals surface area (Å²) in [5.41, 5.74) is -0.0700. The summed E-state index contributed by atoms with van der Waals surface area (Å²) in [5.74, 6) is -15.3. The Bertz CT molecular complexity index is 1020. The zero-order chi connectivity index (χ0) is 20.7. The molecule has 0 aliphatic rings. The van der Waals surface area contributed by atoms with Crippen LogP contribution in [0.5, 0.6) is 0 Å². The summed E-state index contributed by atoms with van der Waals surface area (Å²) in [6.45, 7) is 1.45. The van der Waals surface area contributed by atoms with Crippen LogP contribution in [0.25, 0.3) is 0 Å². The Morgan fingerprint density at radius 3 is 1.54 bits per heavy atom. The Balaban J connectivity index is 2.44. The Morgan fingerprint density at radius 1 is 0.643 bits per heavy atom. The lowest BCUT2D eigenvalue weighted by atomic mass is 10.3. The van der Waals surface area contributed by atoms with Gasteiger partial charge in [0.15, 0.2) is 34.9 Å². The number of rotatable bonds is 3. The van der Waals surface area contributed by atoms with E-state index in [4.69, 9.17) is 0 Å². The van der Waals surface area contributed by atoms with Crippen LogP contribution in [0.15, 0.2) is 30.3 Å². The van der Waals surface area contributed by atoms with Gasteiger partial charge in [-0.05, 0) is 19.1 Å². The van der Waals surface area contributed by atoms with E-state index in [-0.39, 0.29) is 23.3 Å². The standard InChI is InChI=1S/C18H8F8NP/c1-7-3-2-4-12(27-7)28(17-10(21)5-8(19)13(23)15(17)25)18-11(22)6-9(20)14(24)16(18)26/h2-6H,1H3. The average Bonchev–Trinajstić information content (AvgIpc) is 2.63. The van der Waals surface area contributed by atoms with E-state index in [0.717, 1.165) is 6.07 Å². The number of aryl methyl sites for hydroxylation is 1. The van der Waals surface area contributed by atoms with Gasteiger partial charge in [0, 0.05) is 25.7 Å². The van der Waals surface area contributed by atoms with Crippen molar-refractivity contribution in [2.45, 2.75) is 6.92 Å². The minimum absolute atomic E-state index is 0.00539. The molecule has 0 saturated heterocycles. The third-order valence-corrected chi connectivity index (χ3v) is 6.15. The highest BCUT2D eigenvalue weighted by Crippen LogP contribution is 2.38. The van der Waals surface area contributed by atoms with Gasteiger partial charge in [-0.15, -0.1) is 0 Å². The van der Waals surface area contributed by atoms with Crippen LogP contribution in [0.4, 0.5) is 35.1 Å². The highest BCUT2D eigenvalue weighted by Gasteiger charge is 2.35. The predicted molar refractivity (Wildman–Crippen MR) is 87.3 cm³/mol. The maximum absolute atomic E-state index is 14.4. The van der Waals surface area contributed by atoms with Gasteiger partial charge in [-0.25, -0.2) is 35.1 Å². The van der Waals surface area contributed by atoms with Gasteiger partial charge in [-0.2, -0.15) is 0 Å². The maximum atomic E-state index is 14.4. The van der Waals surface area contributed by atoms with E-state index in [1.165, 1.54) is 19.1 Å². The van der Waals surface area contributed by atoms with E-state index in [1.54, 1.807) is 0 Å². The topological polar surface area (TPSA) is 12.9 Å². The van der Waals surface area contributed by atoms with Crippen molar-refractivity contribution in [3.05, 3.63) is 82.6 Å². The smallest absolute Gasteiger partial charge is 0.195 e. The largest absolute Gasteiger partial charge is 0.253 e. The van der Waals surface area contributed by atoms with Crippen molar-refractivity contribution in [3.8, 4) is 0 Å². The van der Waals surface area contributed by atoms with Crippen LogP contribution in [0.3, 0.4) is 0 Å². The monoisotopic (exact) mass is 421 g/mol. The molecule has 0 spiro atoms. The molecule has 10 heteroatoms. The fraction of sp³-hybridized carbons (Fsp3) is 0.0556. The number of benzene rings is 2. The first-order valence-electron chi connectivity index (χ1n) is 7.53. The molecule has 0 aliphatic heterocycles. The van der Waals surface area contributed by atoms with Gasteiger partial charge in [0.1, 0.15) is 11.6 Å². The SMILES string of the molecule is Cc1cccc(P(c2c(F)cc(F)c(F)c2F)c2c(F)cc(F)c(F)c2F)n1. The molecular weight excluding hydrogens is 413 g/mol. The molecule has 0 radical (unpaired) electrons. The fourth-order valence-corrected chi connectivity index (χ4v) is 4.84. The summed E-state index contributed by atoms with van der Waals surface area (Å²) in [4.78, 5) is 3.92. The second kappa shape index (κ2) is 7.47. The van der Waals surface area contributed by atoms with Crippen molar-refractivity contribution in [3.63, 3.8) is 0 Å². The first kappa shape index (κ1) is 20.2. The Morgan fingerprint density at radius 2 is 1.11 bits per heavy atom. The quantitative estimate of drug-likeness (QED) is 0.267. The zero-order valence-corrected chi connectivity index (χ0v) is 14.7. The first-order chi connectivity index (χ1) is 13.1. The van der Waals surface area contributed by atoms with Crippen LogP contribution >= 0.6 is 7.92 Å². The Kier molecular flexibility index (Phi) is 5.39. The minimum atomic E-state index is -3.03. The molecule has 3 rings (SSSR count). The number of pyridine rings is 1. The van der Waals surface area contributed by atoms with Crippen LogP contribution in [-0.2, 0) is 0 Å². The Hall–Kier alpha value is -2.54. The van der Waals surface area contributed by atoms with E-state index in [1.807, 2.05) is 0 Å². The average molecular weight is 421 g/mol. The van der Waals surface area contributed by atoms with Gasteiger partial charge in [0.2, 0.25) is 0 Å². The van der Waals surface area contributed by atoms with Crippen LogP contribution < -0.4 is 16.0 Å². The van der Waals surface area contributed by atoms with Crippen LogP contribution in [0.1, 0.15) is 5.69 Å². The molecule has 0 bridgehead atoms. The van der Waals surface area contributed by atoms with Crippen molar-refractivity contribution in [1.29, 1.82) is 0 Å². The molecular formula is C18H8F8NP. The lowest BCUT2D eigenvalue weighted by molar-refractivity contribution is 0.439. The van der Waals surface area contributed by atoms with Crippen LogP contribution in [0, 0.1) is 53.5 Å². The maximum Gasteiger partial charge on any atom is 0.195 e. The molecule has 0 unspecified atom stereocenters. The second-order valence-corrected chi connectivity index (χ2v) is 7.63. The van der Waals surface area contributed by atoms with Gasteiger partial charge in [0.05, 0.1) is 16.0 Å². The van der Waals surface area contributed by atoms with Crippen molar-refractivity contribution >= 4 is 24.0 Å². The predicted octanol–water partition coefficient (Wildman–Crippen LogP) is 4.26. The van der Waals surface area contributed by atoms with E-state index < -0.39 is 65.1 Å². The van der Waals surface area contributed by atoms with E-state index in [2.05, 4.69) is 4.98 Å². The van der Waals surface area contributed by atoms with Gasteiger partial charge in [0.25, 0.3) is 0 Å². The minimum Gasteiger partial charge on any atom is -0.253 e. The van der Waals surface area contributed by atoms with Gasteiger partial charge < -0.3 is 0 Å². The van der Waals surface area contributed by atoms with Crippen molar-refractivity contribution in [2.75, 3.05) is 0 Å². The summed E-state index contributed by atoms with van der Waals surface area (Å²) in [6.07, 6.45) is 0. The third-order valence-electron chi connectivity index (χ3n) is 3.73. The van der Waals surface area contributed by atoms with Crippen LogP contribution in [0.2, 0.25) is 0 Å². The number of aromatic nitrogens is 1. The van der Waals surface area contributed by atoms with Crippen LogP contribution in [-0.4, -0.2) is 4.98 Å². The Labute approximate surface area is 154 Å². The summed E-state index contributed by atoms with van der Waals surface area (Å²) < 4.78 is 112. The normalized spacial score (nSPS) is 11.4. The van der Waals surface area contributed by atoms with Crippen molar-refractivity contribution in [2.24, 2.45) is 0 Å². The van der Waals surface area contributed by atoms with Crippen molar-refractivity contribution < 1.29 is 35.1 Å². The van der Waals surface area contributed by atoms with E-state index in [9.17, 15) is 35.1 Å². The van der Waals surface area contributed by atoms with E-state index >= 15 is 0 Å². The fourth-order valence-electron chi connectivity index (χ4n) is 2.52. The highest BCUT2D eigenvalue weighted by atomic mass is 31.1. The number of nitrogens with zero attached hydrogens (tertiary/aromatic N) is 1. The molecule has 0 amide bonds. The van der Waals surface area contributed by atoms with Gasteiger partial charge in [-0.3, -0.25) is 4.98 Å². The molecule has 146 valence electrons. The number of halogens is 8. The molecule has 28 heavy (non-hydrogen) atoms. The third kappa shape index (κ3) is 3.35. The summed E-state index contributed by atoms with van der Waals surface area (Å²) in [7, 11) is -3.03. The summed E-state index contributed by atoms with van der Waals surface area (Å²) in [5, 5.41) is -2.48. The molecule has 3 aromatic rings. The molecule has 2 aromatic carbocycles. The van der Waals surface area contributed by atoms with Gasteiger partial charge in [-0.1, -0.05) is 6.07 Å². The zero-order valence-electron chi connectivity index (χ0n) is 13.8. The molecule has 0 N–H and O–H groups in total. The molecule has 1 aromatic heterocycles. The lowest BCUT2D eigenvalue weighted by Gasteiger charge is -2.21. The summed E-state index contributed by atoms with van der Waals surface area (Å²) in [6, 6.07) is 3.90.